The van der Waals surface area contributed by atoms with Gasteiger partial charge in [0, 0.05) is 38.3 Å². The van der Waals surface area contributed by atoms with Crippen LogP contribution in [-0.4, -0.2) is 68.7 Å². The van der Waals surface area contributed by atoms with Crippen LogP contribution in [0.4, 0.5) is 0 Å². The van der Waals surface area contributed by atoms with Gasteiger partial charge >= 0.3 is 0 Å². The summed E-state index contributed by atoms with van der Waals surface area (Å²) < 4.78 is 25.1. The van der Waals surface area contributed by atoms with E-state index in [0.717, 1.165) is 32.5 Å². The minimum absolute atomic E-state index is 0.470. The lowest BCUT2D eigenvalue weighted by Gasteiger charge is -2.37. The Bertz CT molecular complexity index is 419. The van der Waals surface area contributed by atoms with Crippen LogP contribution in [0.5, 0.6) is 0 Å². The SMILES string of the molecule is CC(C)N(CC1CCCN(S(C)(=O)=O)C1)CC1CCCN1. The Morgan fingerprint density at radius 1 is 1.24 bits per heavy atom. The summed E-state index contributed by atoms with van der Waals surface area (Å²) in [5.74, 6) is 0.470. The first-order valence-electron chi connectivity index (χ1n) is 8.29. The molecule has 0 radical (unpaired) electrons. The smallest absolute Gasteiger partial charge is 0.211 e. The van der Waals surface area contributed by atoms with E-state index in [4.69, 9.17) is 0 Å². The Morgan fingerprint density at radius 3 is 2.57 bits per heavy atom. The van der Waals surface area contributed by atoms with E-state index in [1.807, 2.05) is 0 Å². The molecule has 6 heteroatoms. The Labute approximate surface area is 130 Å². The molecule has 0 aliphatic carbocycles. The molecule has 2 aliphatic heterocycles. The molecule has 2 aliphatic rings. The van der Waals surface area contributed by atoms with Gasteiger partial charge in [0.05, 0.1) is 6.26 Å². The van der Waals surface area contributed by atoms with Gasteiger partial charge in [-0.3, -0.25) is 4.90 Å². The Balaban J connectivity index is 1.90. The highest BCUT2D eigenvalue weighted by atomic mass is 32.2. The van der Waals surface area contributed by atoms with E-state index in [1.165, 1.54) is 19.1 Å². The van der Waals surface area contributed by atoms with E-state index in [9.17, 15) is 8.42 Å². The average molecular weight is 317 g/mol. The molecule has 0 bridgehead atoms. The number of hydrogen-bond donors (Lipinski definition) is 1. The van der Waals surface area contributed by atoms with Crippen molar-refractivity contribution in [2.75, 3.05) is 39.0 Å². The first-order valence-corrected chi connectivity index (χ1v) is 10.1. The van der Waals surface area contributed by atoms with Crippen molar-refractivity contribution in [1.82, 2.24) is 14.5 Å². The first kappa shape index (κ1) is 17.2. The van der Waals surface area contributed by atoms with Gasteiger partial charge in [-0.05, 0) is 52.0 Å². The summed E-state index contributed by atoms with van der Waals surface area (Å²) in [6, 6.07) is 1.13. The highest BCUT2D eigenvalue weighted by molar-refractivity contribution is 7.88. The number of hydrogen-bond acceptors (Lipinski definition) is 4. The van der Waals surface area contributed by atoms with Crippen LogP contribution < -0.4 is 5.32 Å². The molecule has 0 spiro atoms. The fourth-order valence-electron chi connectivity index (χ4n) is 3.50. The Morgan fingerprint density at radius 2 is 2.00 bits per heavy atom. The lowest BCUT2D eigenvalue weighted by molar-refractivity contribution is 0.141. The maximum Gasteiger partial charge on any atom is 0.211 e. The van der Waals surface area contributed by atoms with E-state index >= 15 is 0 Å². The molecular formula is C15H31N3O2S. The maximum absolute atomic E-state index is 11.7. The van der Waals surface area contributed by atoms with Gasteiger partial charge in [0.25, 0.3) is 0 Å². The molecule has 0 aromatic heterocycles. The van der Waals surface area contributed by atoms with E-state index in [1.54, 1.807) is 4.31 Å². The van der Waals surface area contributed by atoms with Crippen LogP contribution in [-0.2, 0) is 10.0 Å². The number of piperidine rings is 1. The molecule has 2 saturated heterocycles. The zero-order valence-corrected chi connectivity index (χ0v) is 14.5. The molecule has 21 heavy (non-hydrogen) atoms. The third-order valence-electron chi connectivity index (χ3n) is 4.79. The zero-order chi connectivity index (χ0) is 15.5. The summed E-state index contributed by atoms with van der Waals surface area (Å²) in [7, 11) is -3.03. The zero-order valence-electron chi connectivity index (χ0n) is 13.7. The lowest BCUT2D eigenvalue weighted by atomic mass is 9.98. The lowest BCUT2D eigenvalue weighted by Crippen LogP contribution is -2.47. The van der Waals surface area contributed by atoms with Crippen molar-refractivity contribution >= 4 is 10.0 Å². The van der Waals surface area contributed by atoms with Gasteiger partial charge in [0.2, 0.25) is 10.0 Å². The number of sulfonamides is 1. The molecule has 0 saturated carbocycles. The highest BCUT2D eigenvalue weighted by Gasteiger charge is 2.28. The van der Waals surface area contributed by atoms with E-state index in [0.29, 0.717) is 31.1 Å². The topological polar surface area (TPSA) is 52.7 Å². The van der Waals surface area contributed by atoms with E-state index < -0.39 is 10.0 Å². The van der Waals surface area contributed by atoms with Gasteiger partial charge in [-0.25, -0.2) is 12.7 Å². The van der Waals surface area contributed by atoms with Gasteiger partial charge in [0.1, 0.15) is 0 Å². The summed E-state index contributed by atoms with van der Waals surface area (Å²) in [4.78, 5) is 2.53. The number of rotatable bonds is 6. The van der Waals surface area contributed by atoms with Crippen molar-refractivity contribution in [3.8, 4) is 0 Å². The number of nitrogens with one attached hydrogen (secondary N) is 1. The van der Waals surface area contributed by atoms with Crippen molar-refractivity contribution < 1.29 is 8.42 Å². The second-order valence-corrected chi connectivity index (χ2v) is 8.95. The second-order valence-electron chi connectivity index (χ2n) is 6.97. The van der Waals surface area contributed by atoms with Crippen LogP contribution in [0.3, 0.4) is 0 Å². The van der Waals surface area contributed by atoms with E-state index in [-0.39, 0.29) is 0 Å². The third kappa shape index (κ3) is 5.20. The molecule has 0 amide bonds. The van der Waals surface area contributed by atoms with Crippen LogP contribution in [0.25, 0.3) is 0 Å². The molecule has 124 valence electrons. The maximum atomic E-state index is 11.7. The Kier molecular flexibility index (Phi) is 6.05. The molecule has 2 atom stereocenters. The first-order chi connectivity index (χ1) is 9.86. The van der Waals surface area contributed by atoms with Gasteiger partial charge in [0.15, 0.2) is 0 Å². The molecule has 2 rings (SSSR count). The summed E-state index contributed by atoms with van der Waals surface area (Å²) in [6.45, 7) is 9.12. The quantitative estimate of drug-likeness (QED) is 0.798. The summed E-state index contributed by atoms with van der Waals surface area (Å²) in [5.41, 5.74) is 0. The van der Waals surface area contributed by atoms with Crippen LogP contribution in [0.15, 0.2) is 0 Å². The Hall–Kier alpha value is -0.170. The molecule has 5 nitrogen and oxygen atoms in total. The van der Waals surface area contributed by atoms with Gasteiger partial charge in [-0.15, -0.1) is 0 Å². The van der Waals surface area contributed by atoms with Crippen molar-refractivity contribution in [1.29, 1.82) is 0 Å². The van der Waals surface area contributed by atoms with Gasteiger partial charge in [-0.1, -0.05) is 0 Å². The molecule has 2 fully saturated rings. The van der Waals surface area contributed by atoms with Crippen molar-refractivity contribution in [2.45, 2.75) is 51.6 Å². The fraction of sp³-hybridized carbons (Fsp3) is 1.00. The van der Waals surface area contributed by atoms with E-state index in [2.05, 4.69) is 24.1 Å². The minimum Gasteiger partial charge on any atom is -0.313 e. The highest BCUT2D eigenvalue weighted by Crippen LogP contribution is 2.21. The second kappa shape index (κ2) is 7.40. The summed E-state index contributed by atoms with van der Waals surface area (Å²) in [6.07, 6.45) is 6.02. The summed E-state index contributed by atoms with van der Waals surface area (Å²) >= 11 is 0. The van der Waals surface area contributed by atoms with Crippen molar-refractivity contribution in [2.24, 2.45) is 5.92 Å². The average Bonchev–Trinajstić information content (AvgIpc) is 2.90. The molecule has 2 unspecified atom stereocenters. The van der Waals surface area contributed by atoms with Crippen LogP contribution >= 0.6 is 0 Å². The monoisotopic (exact) mass is 317 g/mol. The normalized spacial score (nSPS) is 28.6. The van der Waals surface area contributed by atoms with Gasteiger partial charge < -0.3 is 5.32 Å². The van der Waals surface area contributed by atoms with Crippen LogP contribution in [0.2, 0.25) is 0 Å². The van der Waals surface area contributed by atoms with Gasteiger partial charge in [-0.2, -0.15) is 0 Å². The van der Waals surface area contributed by atoms with Crippen LogP contribution in [0.1, 0.15) is 39.5 Å². The third-order valence-corrected chi connectivity index (χ3v) is 6.06. The van der Waals surface area contributed by atoms with Crippen LogP contribution in [0, 0.1) is 5.92 Å². The molecule has 0 aromatic rings. The summed E-state index contributed by atoms with van der Waals surface area (Å²) in [5, 5.41) is 3.56. The van der Waals surface area contributed by atoms with Crippen molar-refractivity contribution in [3.05, 3.63) is 0 Å². The molecule has 0 aromatic carbocycles. The fourth-order valence-corrected chi connectivity index (χ4v) is 4.44. The predicted molar refractivity (Wildman–Crippen MR) is 86.9 cm³/mol. The predicted octanol–water partition coefficient (Wildman–Crippen LogP) is 1.12. The largest absolute Gasteiger partial charge is 0.313 e. The standard InChI is InChI=1S/C15H31N3O2S/c1-13(2)17(12-15-7-4-8-16-15)10-14-6-5-9-18(11-14)21(3,19)20/h13-16H,4-12H2,1-3H3. The molecule has 2 heterocycles. The van der Waals surface area contributed by atoms with Crippen molar-refractivity contribution in [3.63, 3.8) is 0 Å². The molecular weight excluding hydrogens is 286 g/mol. The number of nitrogens with zero attached hydrogens (tertiary/aromatic N) is 2. The minimum atomic E-state index is -3.03. The molecule has 1 N–H and O–H groups in total.